The third-order valence-corrected chi connectivity index (χ3v) is 0.770. The molecule has 0 saturated heterocycles. The van der Waals surface area contributed by atoms with Crippen molar-refractivity contribution in [1.82, 2.24) is 5.32 Å². The highest BCUT2D eigenvalue weighted by molar-refractivity contribution is 7.96. The first kappa shape index (κ1) is 8.29. The maximum atomic E-state index is 10.2. The van der Waals surface area contributed by atoms with Crippen molar-refractivity contribution < 1.29 is 14.3 Å². The first-order valence-electron chi connectivity index (χ1n) is 2.20. The first-order valence-corrected chi connectivity index (χ1v) is 2.65. The zero-order valence-electron chi connectivity index (χ0n) is 4.88. The van der Waals surface area contributed by atoms with Crippen LogP contribution in [0.3, 0.4) is 0 Å². The van der Waals surface area contributed by atoms with Gasteiger partial charge in [0.1, 0.15) is 6.54 Å². The van der Waals surface area contributed by atoms with Crippen molar-refractivity contribution in [3.63, 3.8) is 0 Å². The molecule has 5 heteroatoms. The van der Waals surface area contributed by atoms with Gasteiger partial charge in [0.2, 0.25) is 0 Å². The lowest BCUT2D eigenvalue weighted by Crippen LogP contribution is -2.25. The summed E-state index contributed by atoms with van der Waals surface area (Å²) >= 11 is 3.35. The van der Waals surface area contributed by atoms with Crippen LogP contribution in [0, 0.1) is 0 Å². The number of nitrogens with one attached hydrogen (secondary N) is 1. The van der Waals surface area contributed by atoms with Crippen LogP contribution < -0.4 is 5.32 Å². The number of methoxy groups -OCH3 is 1. The summed E-state index contributed by atoms with van der Waals surface area (Å²) in [5.41, 5.74) is 0. The minimum atomic E-state index is -0.541. The molecule has 0 aliphatic heterocycles. The van der Waals surface area contributed by atoms with Crippen LogP contribution in [0.4, 0.5) is 4.79 Å². The maximum absolute atomic E-state index is 10.2. The Morgan fingerprint density at radius 3 is 2.56 bits per heavy atom. The van der Waals surface area contributed by atoms with Gasteiger partial charge in [-0.25, -0.2) is 0 Å². The highest BCUT2D eigenvalue weighted by atomic mass is 32.1. The normalized spacial score (nSPS) is 8.22. The van der Waals surface area contributed by atoms with Crippen molar-refractivity contribution in [2.45, 2.75) is 0 Å². The molecule has 0 atom stereocenters. The van der Waals surface area contributed by atoms with Gasteiger partial charge in [-0.3, -0.25) is 9.59 Å². The lowest BCUT2D eigenvalue weighted by molar-refractivity contribution is -0.139. The Labute approximate surface area is 58.0 Å². The van der Waals surface area contributed by atoms with E-state index in [1.54, 1.807) is 0 Å². The first-order chi connectivity index (χ1) is 4.16. The second kappa shape index (κ2) is 4.20. The Balaban J connectivity index is 3.28. The molecule has 0 aromatic carbocycles. The van der Waals surface area contributed by atoms with Gasteiger partial charge in [0, 0.05) is 0 Å². The summed E-state index contributed by atoms with van der Waals surface area (Å²) in [6.07, 6.45) is 0. The Morgan fingerprint density at radius 1 is 1.67 bits per heavy atom. The molecule has 0 saturated carbocycles. The van der Waals surface area contributed by atoms with Crippen molar-refractivity contribution in [2.75, 3.05) is 13.7 Å². The molecule has 0 rings (SSSR count). The molecule has 52 valence electrons. The van der Waals surface area contributed by atoms with Crippen LogP contribution in [0.5, 0.6) is 0 Å². The molecule has 0 bridgehead atoms. The van der Waals surface area contributed by atoms with E-state index in [0.717, 1.165) is 0 Å². The smallest absolute Gasteiger partial charge is 0.325 e. The highest BCUT2D eigenvalue weighted by Crippen LogP contribution is 1.75. The van der Waals surface area contributed by atoms with Crippen LogP contribution >= 0.6 is 12.6 Å². The SMILES string of the molecule is COC(=O)CNC(=O)S. The Bertz CT molecular complexity index is 125. The molecule has 0 aromatic rings. The predicted octanol–water partition coefficient (Wildman–Crippen LogP) is -0.201. The number of ether oxygens (including phenoxy) is 1. The van der Waals surface area contributed by atoms with E-state index in [1.165, 1.54) is 7.11 Å². The van der Waals surface area contributed by atoms with Gasteiger partial charge in [0.15, 0.2) is 0 Å². The summed E-state index contributed by atoms with van der Waals surface area (Å²) in [7, 11) is 1.24. The average molecular weight is 149 g/mol. The molecular formula is C4H7NO3S. The van der Waals surface area contributed by atoms with E-state index >= 15 is 0 Å². The van der Waals surface area contributed by atoms with Crippen molar-refractivity contribution >= 4 is 23.8 Å². The van der Waals surface area contributed by atoms with Crippen molar-refractivity contribution in [3.05, 3.63) is 0 Å². The lowest BCUT2D eigenvalue weighted by Gasteiger charge is -1.96. The second-order valence-corrected chi connectivity index (χ2v) is 1.64. The van der Waals surface area contributed by atoms with Gasteiger partial charge >= 0.3 is 5.97 Å². The molecule has 1 N–H and O–H groups in total. The summed E-state index contributed by atoms with van der Waals surface area (Å²) in [5.74, 6) is -0.489. The Morgan fingerprint density at radius 2 is 2.22 bits per heavy atom. The second-order valence-electron chi connectivity index (χ2n) is 1.23. The fourth-order valence-electron chi connectivity index (χ4n) is 0.220. The van der Waals surface area contributed by atoms with Crippen molar-refractivity contribution in [1.29, 1.82) is 0 Å². The topological polar surface area (TPSA) is 55.4 Å². The molecule has 0 radical (unpaired) electrons. The zero-order valence-corrected chi connectivity index (χ0v) is 5.77. The molecule has 0 aliphatic carbocycles. The van der Waals surface area contributed by atoms with Crippen LogP contribution in [0.1, 0.15) is 0 Å². The van der Waals surface area contributed by atoms with Crippen molar-refractivity contribution in [3.8, 4) is 0 Å². The molecule has 1 amide bonds. The summed E-state index contributed by atoms with van der Waals surface area (Å²) < 4.78 is 4.21. The standard InChI is InChI=1S/C4H7NO3S/c1-8-3(6)2-5-4(7)9/h2H2,1H3,(H2,5,7,9). The maximum Gasteiger partial charge on any atom is 0.325 e. The monoisotopic (exact) mass is 149 g/mol. The number of thiol groups is 1. The number of amides is 1. The molecular weight excluding hydrogens is 142 g/mol. The van der Waals surface area contributed by atoms with Gasteiger partial charge in [-0.1, -0.05) is 12.6 Å². The van der Waals surface area contributed by atoms with Crippen LogP contribution in [-0.2, 0) is 9.53 Å². The number of hydrogen-bond donors (Lipinski definition) is 2. The van der Waals surface area contributed by atoms with Gasteiger partial charge in [0.05, 0.1) is 7.11 Å². The fourth-order valence-corrected chi connectivity index (χ4v) is 0.299. The van der Waals surface area contributed by atoms with Crippen LogP contribution in [0.25, 0.3) is 0 Å². The Kier molecular flexibility index (Phi) is 3.87. The highest BCUT2D eigenvalue weighted by Gasteiger charge is 1.98. The quantitative estimate of drug-likeness (QED) is 0.422. The van der Waals surface area contributed by atoms with Gasteiger partial charge in [-0.05, 0) is 0 Å². The molecule has 4 nitrogen and oxygen atoms in total. The van der Waals surface area contributed by atoms with E-state index < -0.39 is 11.2 Å². The molecule has 0 aromatic heterocycles. The van der Waals surface area contributed by atoms with E-state index in [9.17, 15) is 9.59 Å². The summed E-state index contributed by atoms with van der Waals surface area (Å²) in [6.45, 7) is -0.126. The molecule has 0 spiro atoms. The van der Waals surface area contributed by atoms with E-state index in [1.807, 2.05) is 0 Å². The van der Waals surface area contributed by atoms with E-state index in [2.05, 4.69) is 22.7 Å². The van der Waals surface area contributed by atoms with Crippen LogP contribution in [0.15, 0.2) is 0 Å². The average Bonchev–Trinajstić information content (AvgIpc) is 1.83. The van der Waals surface area contributed by atoms with Gasteiger partial charge < -0.3 is 10.1 Å². The van der Waals surface area contributed by atoms with E-state index in [0.29, 0.717) is 0 Å². The molecule has 0 aliphatic rings. The molecule has 0 fully saturated rings. The summed E-state index contributed by atoms with van der Waals surface area (Å²) in [4.78, 5) is 20.3. The minimum absolute atomic E-state index is 0.126. The molecule has 9 heavy (non-hydrogen) atoms. The zero-order chi connectivity index (χ0) is 7.28. The predicted molar refractivity (Wildman–Crippen MR) is 34.4 cm³/mol. The largest absolute Gasteiger partial charge is 0.468 e. The third-order valence-electron chi connectivity index (χ3n) is 0.612. The molecule has 0 heterocycles. The van der Waals surface area contributed by atoms with E-state index in [4.69, 9.17) is 0 Å². The number of rotatable bonds is 2. The van der Waals surface area contributed by atoms with Crippen LogP contribution in [-0.4, -0.2) is 24.9 Å². The number of esters is 1. The van der Waals surface area contributed by atoms with E-state index in [-0.39, 0.29) is 6.54 Å². The Hall–Kier alpha value is -0.710. The summed E-state index contributed by atoms with van der Waals surface area (Å²) in [6, 6.07) is 0. The van der Waals surface area contributed by atoms with Gasteiger partial charge in [-0.15, -0.1) is 0 Å². The fraction of sp³-hybridized carbons (Fsp3) is 0.500. The van der Waals surface area contributed by atoms with Crippen molar-refractivity contribution in [2.24, 2.45) is 0 Å². The number of carbonyl (C=O) groups is 2. The number of hydrogen-bond acceptors (Lipinski definition) is 3. The minimum Gasteiger partial charge on any atom is -0.468 e. The summed E-state index contributed by atoms with van der Waals surface area (Å²) in [5, 5.41) is 1.61. The van der Waals surface area contributed by atoms with Gasteiger partial charge in [0.25, 0.3) is 5.24 Å². The number of carbonyl (C=O) groups excluding carboxylic acids is 2. The van der Waals surface area contributed by atoms with Crippen LogP contribution in [0.2, 0.25) is 0 Å². The third kappa shape index (κ3) is 5.16. The van der Waals surface area contributed by atoms with Gasteiger partial charge in [-0.2, -0.15) is 0 Å². The molecule has 0 unspecified atom stereocenters. The lowest BCUT2D eigenvalue weighted by atomic mass is 10.7.